The first-order chi connectivity index (χ1) is 30.6. The molecule has 0 rings (SSSR count). The molecule has 0 aromatic heterocycles. The minimum atomic E-state index is -0.615. The molecule has 0 spiro atoms. The summed E-state index contributed by atoms with van der Waals surface area (Å²) in [4.78, 5) is 25.3. The second kappa shape index (κ2) is 51.1. The highest BCUT2D eigenvalue weighted by Gasteiger charge is 2.17. The van der Waals surface area contributed by atoms with E-state index in [1.54, 1.807) is 0 Å². The monoisotopic (exact) mass is 853 g/mol. The number of esters is 2. The second-order valence-electron chi connectivity index (χ2n) is 15.2. The average molecular weight is 853 g/mol. The van der Waals surface area contributed by atoms with Crippen LogP contribution in [0, 0.1) is 0 Å². The Bertz CT molecular complexity index is 1380. The van der Waals surface area contributed by atoms with Crippen LogP contribution in [-0.2, 0) is 23.8 Å². The maximum Gasteiger partial charge on any atom is 0.306 e. The molecule has 0 bridgehead atoms. The summed E-state index contributed by atoms with van der Waals surface area (Å²) in [6, 6.07) is 0. The van der Waals surface area contributed by atoms with Crippen LogP contribution in [0.2, 0.25) is 0 Å². The summed E-state index contributed by atoms with van der Waals surface area (Å²) in [5.74, 6) is -0.550. The van der Waals surface area contributed by atoms with Crippen LogP contribution in [0.5, 0.6) is 0 Å². The summed E-state index contributed by atoms with van der Waals surface area (Å²) in [5, 5.41) is 0. The van der Waals surface area contributed by atoms with Gasteiger partial charge in [-0.1, -0.05) is 186 Å². The fourth-order valence-corrected chi connectivity index (χ4v) is 5.86. The third kappa shape index (κ3) is 48.4. The standard InChI is InChI=1S/C57H88O5/c1-4-7-10-13-16-19-22-25-27-28-29-31-34-37-40-43-46-49-52-60-53-55(62-57(59)51-48-45-42-39-36-32-24-21-18-15-12-9-6-3)54-61-56(58)50-47-44-41-38-35-33-30-26-23-20-17-14-11-8-5-2/h7-12,16-21,25-27,29-32,36-37,40,42,45,55H,4-6,13-15,22-24,28,33-35,38-39,41,43-44,46-54H2,1-3H3/b10-7-,11-8-,12-9-,19-16-,20-17-,21-18-,27-25-,30-26-,31-29-,36-32-,40-37-,45-42-. The van der Waals surface area contributed by atoms with Crippen molar-refractivity contribution in [3.63, 3.8) is 0 Å². The normalized spacial score (nSPS) is 13.5. The van der Waals surface area contributed by atoms with Crippen LogP contribution in [0.3, 0.4) is 0 Å². The molecule has 1 atom stereocenters. The van der Waals surface area contributed by atoms with Gasteiger partial charge in [0.05, 0.1) is 6.61 Å². The van der Waals surface area contributed by atoms with E-state index in [0.717, 1.165) is 128 Å². The van der Waals surface area contributed by atoms with Crippen molar-refractivity contribution in [3.8, 4) is 0 Å². The molecule has 0 aliphatic rings. The van der Waals surface area contributed by atoms with Crippen LogP contribution in [0.4, 0.5) is 0 Å². The van der Waals surface area contributed by atoms with Crippen molar-refractivity contribution in [1.82, 2.24) is 0 Å². The van der Waals surface area contributed by atoms with Gasteiger partial charge >= 0.3 is 11.9 Å². The maximum atomic E-state index is 12.7. The Kier molecular flexibility index (Phi) is 47.7. The molecule has 0 aromatic rings. The van der Waals surface area contributed by atoms with E-state index in [4.69, 9.17) is 14.2 Å². The first kappa shape index (κ1) is 57.8. The molecule has 346 valence electrons. The van der Waals surface area contributed by atoms with Crippen molar-refractivity contribution >= 4 is 11.9 Å². The molecule has 1 unspecified atom stereocenters. The summed E-state index contributed by atoms with van der Waals surface area (Å²) in [6.45, 7) is 7.25. The average Bonchev–Trinajstić information content (AvgIpc) is 3.27. The molecule has 0 radical (unpaired) electrons. The number of hydrogen-bond donors (Lipinski definition) is 0. The Balaban J connectivity index is 4.50. The highest BCUT2D eigenvalue weighted by Crippen LogP contribution is 2.10. The molecule has 0 saturated heterocycles. The predicted molar refractivity (Wildman–Crippen MR) is 269 cm³/mol. The molecule has 0 amide bonds. The minimum absolute atomic E-state index is 0.0194. The van der Waals surface area contributed by atoms with Crippen LogP contribution in [-0.4, -0.2) is 37.9 Å². The van der Waals surface area contributed by atoms with Gasteiger partial charge in [0.1, 0.15) is 6.61 Å². The summed E-state index contributed by atoms with van der Waals surface area (Å²) in [6.07, 6.45) is 74.4. The summed E-state index contributed by atoms with van der Waals surface area (Å²) >= 11 is 0. The molecule has 0 aromatic carbocycles. The van der Waals surface area contributed by atoms with E-state index in [0.29, 0.717) is 19.4 Å². The van der Waals surface area contributed by atoms with E-state index in [9.17, 15) is 9.59 Å². The van der Waals surface area contributed by atoms with E-state index < -0.39 is 6.10 Å². The molecule has 5 heteroatoms. The van der Waals surface area contributed by atoms with Crippen LogP contribution >= 0.6 is 0 Å². The molecule has 0 aliphatic carbocycles. The van der Waals surface area contributed by atoms with Crippen molar-refractivity contribution in [2.45, 2.75) is 181 Å². The van der Waals surface area contributed by atoms with Crippen molar-refractivity contribution in [1.29, 1.82) is 0 Å². The van der Waals surface area contributed by atoms with Crippen molar-refractivity contribution in [2.75, 3.05) is 19.8 Å². The number of ether oxygens (including phenoxy) is 3. The molecule has 5 nitrogen and oxygen atoms in total. The van der Waals surface area contributed by atoms with E-state index in [2.05, 4.69) is 161 Å². The Morgan fingerprint density at radius 1 is 0.355 bits per heavy atom. The number of unbranched alkanes of at least 4 members (excludes halogenated alkanes) is 7. The Morgan fingerprint density at radius 2 is 0.710 bits per heavy atom. The van der Waals surface area contributed by atoms with Gasteiger partial charge in [0.2, 0.25) is 0 Å². The van der Waals surface area contributed by atoms with Gasteiger partial charge in [-0.25, -0.2) is 0 Å². The van der Waals surface area contributed by atoms with Crippen molar-refractivity contribution in [3.05, 3.63) is 146 Å². The first-order valence-electron chi connectivity index (χ1n) is 24.4. The zero-order valence-corrected chi connectivity index (χ0v) is 39.6. The van der Waals surface area contributed by atoms with Crippen LogP contribution in [0.1, 0.15) is 175 Å². The van der Waals surface area contributed by atoms with Crippen molar-refractivity contribution < 1.29 is 23.8 Å². The molecule has 0 saturated carbocycles. The fraction of sp³-hybridized carbons (Fsp3) is 0.544. The molecule has 0 fully saturated rings. The summed E-state index contributed by atoms with van der Waals surface area (Å²) in [7, 11) is 0. The lowest BCUT2D eigenvalue weighted by molar-refractivity contribution is -0.162. The molecule has 0 N–H and O–H groups in total. The third-order valence-corrected chi connectivity index (χ3v) is 9.36. The van der Waals surface area contributed by atoms with E-state index in [1.807, 2.05) is 6.08 Å². The largest absolute Gasteiger partial charge is 0.462 e. The van der Waals surface area contributed by atoms with Gasteiger partial charge in [-0.15, -0.1) is 0 Å². The van der Waals surface area contributed by atoms with Gasteiger partial charge in [-0.2, -0.15) is 0 Å². The van der Waals surface area contributed by atoms with Crippen LogP contribution in [0.15, 0.2) is 146 Å². The maximum absolute atomic E-state index is 12.7. The Hall–Kier alpha value is -4.22. The molecular formula is C57H88O5. The lowest BCUT2D eigenvalue weighted by Crippen LogP contribution is -2.30. The number of carbonyl (C=O) groups is 2. The number of allylic oxidation sites excluding steroid dienone is 24. The van der Waals surface area contributed by atoms with Gasteiger partial charge in [-0.05, 0) is 122 Å². The van der Waals surface area contributed by atoms with Gasteiger partial charge in [0, 0.05) is 19.4 Å². The Morgan fingerprint density at radius 3 is 1.15 bits per heavy atom. The van der Waals surface area contributed by atoms with Gasteiger partial charge in [0.25, 0.3) is 0 Å². The molecule has 0 heterocycles. The van der Waals surface area contributed by atoms with Crippen LogP contribution in [0.25, 0.3) is 0 Å². The zero-order valence-electron chi connectivity index (χ0n) is 39.6. The quantitative estimate of drug-likeness (QED) is 0.0348. The lowest BCUT2D eigenvalue weighted by atomic mass is 10.1. The van der Waals surface area contributed by atoms with Gasteiger partial charge in [0.15, 0.2) is 6.10 Å². The van der Waals surface area contributed by atoms with Gasteiger partial charge < -0.3 is 14.2 Å². The first-order valence-corrected chi connectivity index (χ1v) is 24.4. The fourth-order valence-electron chi connectivity index (χ4n) is 5.86. The molecular weight excluding hydrogens is 765 g/mol. The van der Waals surface area contributed by atoms with Gasteiger partial charge in [-0.3, -0.25) is 9.59 Å². The van der Waals surface area contributed by atoms with E-state index >= 15 is 0 Å². The highest BCUT2D eigenvalue weighted by molar-refractivity contribution is 5.70. The second-order valence-corrected chi connectivity index (χ2v) is 15.2. The highest BCUT2D eigenvalue weighted by atomic mass is 16.6. The Labute approximate surface area is 381 Å². The zero-order chi connectivity index (χ0) is 44.9. The third-order valence-electron chi connectivity index (χ3n) is 9.36. The summed E-state index contributed by atoms with van der Waals surface area (Å²) in [5.41, 5.74) is 0. The summed E-state index contributed by atoms with van der Waals surface area (Å²) < 4.78 is 17.2. The molecule has 62 heavy (non-hydrogen) atoms. The number of hydrogen-bond acceptors (Lipinski definition) is 5. The molecule has 0 aliphatic heterocycles. The van der Waals surface area contributed by atoms with E-state index in [-0.39, 0.29) is 31.6 Å². The van der Waals surface area contributed by atoms with Crippen LogP contribution < -0.4 is 0 Å². The number of rotatable bonds is 42. The van der Waals surface area contributed by atoms with E-state index in [1.165, 1.54) is 6.42 Å². The lowest BCUT2D eigenvalue weighted by Gasteiger charge is -2.18. The van der Waals surface area contributed by atoms with Crippen molar-refractivity contribution in [2.24, 2.45) is 0 Å². The minimum Gasteiger partial charge on any atom is -0.462 e. The SMILES string of the molecule is CC/C=C\C/C=C\C/C=C\C/C=C\C/C=C\CCCCOCC(COC(=O)CCCCCCC/C=C\C/C=C\C/C=C\CC)OC(=O)CC/C=C\C/C=C\C/C=C\C/C=C\CC. The number of carbonyl (C=O) groups excluding carboxylic acids is 2. The predicted octanol–water partition coefficient (Wildman–Crippen LogP) is 16.6. The topological polar surface area (TPSA) is 61.8 Å². The smallest absolute Gasteiger partial charge is 0.306 e.